The molecule has 0 aliphatic carbocycles. The van der Waals surface area contributed by atoms with Gasteiger partial charge in [0.25, 0.3) is 11.8 Å². The fourth-order valence-electron chi connectivity index (χ4n) is 5.14. The molecular weight excluding hydrogens is 462 g/mol. The van der Waals surface area contributed by atoms with E-state index in [9.17, 15) is 14.9 Å². The van der Waals surface area contributed by atoms with Crippen molar-refractivity contribution in [3.05, 3.63) is 95.1 Å². The standard InChI is InChI=1S/C30H31N5O2/c1-23-11-12-24(29(36)34-17-13-32(14-18-34)26-8-3-2-4-9-26)21-27(23)30(37)35-19-15-33(16-20-35)28-10-6-5-7-25(28)22-31/h2-12,21H,13-20H2,1H3. The molecule has 0 bridgehead atoms. The summed E-state index contributed by atoms with van der Waals surface area (Å²) < 4.78 is 0. The molecular formula is C30H31N5O2. The number of hydrogen-bond acceptors (Lipinski definition) is 5. The minimum absolute atomic E-state index is 0.0281. The lowest BCUT2D eigenvalue weighted by Gasteiger charge is -2.37. The van der Waals surface area contributed by atoms with E-state index >= 15 is 0 Å². The summed E-state index contributed by atoms with van der Waals surface area (Å²) in [5.41, 5.74) is 4.74. The quantitative estimate of drug-likeness (QED) is 0.553. The fourth-order valence-corrected chi connectivity index (χ4v) is 5.14. The third kappa shape index (κ3) is 5.14. The molecule has 3 aromatic carbocycles. The summed E-state index contributed by atoms with van der Waals surface area (Å²) in [6, 6.07) is 25.5. The van der Waals surface area contributed by atoms with Crippen molar-refractivity contribution < 1.29 is 9.59 Å². The van der Waals surface area contributed by atoms with Crippen LogP contribution in [0, 0.1) is 18.3 Å². The molecule has 188 valence electrons. The second kappa shape index (κ2) is 10.8. The van der Waals surface area contributed by atoms with Crippen molar-refractivity contribution in [2.24, 2.45) is 0 Å². The Kier molecular flexibility index (Phi) is 7.09. The van der Waals surface area contributed by atoms with Crippen LogP contribution in [0.3, 0.4) is 0 Å². The second-order valence-electron chi connectivity index (χ2n) is 9.55. The molecule has 3 aromatic rings. The highest BCUT2D eigenvalue weighted by Gasteiger charge is 2.27. The minimum atomic E-state index is -0.0470. The van der Waals surface area contributed by atoms with Crippen LogP contribution in [-0.2, 0) is 0 Å². The summed E-state index contributed by atoms with van der Waals surface area (Å²) in [4.78, 5) is 35.0. The molecule has 0 spiro atoms. The first-order valence-electron chi connectivity index (χ1n) is 12.8. The Morgan fingerprint density at radius 3 is 1.97 bits per heavy atom. The number of aryl methyl sites for hydroxylation is 1. The van der Waals surface area contributed by atoms with Crippen molar-refractivity contribution in [2.75, 3.05) is 62.2 Å². The molecule has 2 amide bonds. The van der Waals surface area contributed by atoms with E-state index in [-0.39, 0.29) is 11.8 Å². The van der Waals surface area contributed by atoms with Gasteiger partial charge in [0.2, 0.25) is 0 Å². The van der Waals surface area contributed by atoms with E-state index in [2.05, 4.69) is 28.0 Å². The van der Waals surface area contributed by atoms with Crippen LogP contribution in [0.5, 0.6) is 0 Å². The van der Waals surface area contributed by atoms with E-state index in [1.54, 1.807) is 6.07 Å². The van der Waals surface area contributed by atoms with Gasteiger partial charge in [0, 0.05) is 69.2 Å². The molecule has 7 nitrogen and oxygen atoms in total. The first-order valence-corrected chi connectivity index (χ1v) is 12.8. The van der Waals surface area contributed by atoms with E-state index in [1.165, 1.54) is 5.69 Å². The van der Waals surface area contributed by atoms with Crippen LogP contribution in [0.4, 0.5) is 11.4 Å². The van der Waals surface area contributed by atoms with Crippen molar-refractivity contribution in [3.63, 3.8) is 0 Å². The number of carbonyl (C=O) groups is 2. The number of amides is 2. The molecule has 2 saturated heterocycles. The maximum Gasteiger partial charge on any atom is 0.254 e. The zero-order valence-corrected chi connectivity index (χ0v) is 21.1. The molecule has 2 aliphatic heterocycles. The fraction of sp³-hybridized carbons (Fsp3) is 0.300. The Labute approximate surface area is 218 Å². The monoisotopic (exact) mass is 493 g/mol. The molecule has 0 unspecified atom stereocenters. The van der Waals surface area contributed by atoms with Gasteiger partial charge in [0.1, 0.15) is 6.07 Å². The van der Waals surface area contributed by atoms with Gasteiger partial charge in [-0.3, -0.25) is 9.59 Å². The third-order valence-corrected chi connectivity index (χ3v) is 7.34. The second-order valence-corrected chi connectivity index (χ2v) is 9.55. The summed E-state index contributed by atoms with van der Waals surface area (Å²) >= 11 is 0. The van der Waals surface area contributed by atoms with Crippen molar-refractivity contribution in [3.8, 4) is 6.07 Å². The number of piperazine rings is 2. The molecule has 0 N–H and O–H groups in total. The predicted octanol–water partition coefficient (Wildman–Crippen LogP) is 3.79. The van der Waals surface area contributed by atoms with Crippen LogP contribution < -0.4 is 9.80 Å². The molecule has 37 heavy (non-hydrogen) atoms. The third-order valence-electron chi connectivity index (χ3n) is 7.34. The van der Waals surface area contributed by atoms with E-state index in [1.807, 2.05) is 71.3 Å². The molecule has 7 heteroatoms. The summed E-state index contributed by atoms with van der Waals surface area (Å²) in [6.45, 7) is 7.24. The van der Waals surface area contributed by atoms with Gasteiger partial charge in [-0.2, -0.15) is 5.26 Å². The van der Waals surface area contributed by atoms with E-state index < -0.39 is 0 Å². The molecule has 0 atom stereocenters. The zero-order valence-electron chi connectivity index (χ0n) is 21.1. The summed E-state index contributed by atoms with van der Waals surface area (Å²) in [7, 11) is 0. The van der Waals surface area contributed by atoms with Gasteiger partial charge in [0.05, 0.1) is 11.3 Å². The molecule has 2 aliphatic rings. The van der Waals surface area contributed by atoms with Crippen LogP contribution in [-0.4, -0.2) is 74.0 Å². The lowest BCUT2D eigenvalue weighted by Crippen LogP contribution is -2.49. The molecule has 0 saturated carbocycles. The van der Waals surface area contributed by atoms with Crippen molar-refractivity contribution in [2.45, 2.75) is 6.92 Å². The molecule has 2 heterocycles. The van der Waals surface area contributed by atoms with Crippen LogP contribution in [0.25, 0.3) is 0 Å². The number of nitrogens with zero attached hydrogens (tertiary/aromatic N) is 5. The normalized spacial score (nSPS) is 15.9. The van der Waals surface area contributed by atoms with Gasteiger partial charge >= 0.3 is 0 Å². The Bertz CT molecular complexity index is 1320. The Balaban J connectivity index is 1.23. The van der Waals surface area contributed by atoms with Crippen molar-refractivity contribution in [1.82, 2.24) is 9.80 Å². The Hall–Kier alpha value is -4.31. The van der Waals surface area contributed by atoms with Crippen LogP contribution in [0.1, 0.15) is 31.8 Å². The summed E-state index contributed by atoms with van der Waals surface area (Å²) in [6.07, 6.45) is 0. The van der Waals surface area contributed by atoms with Crippen LogP contribution in [0.15, 0.2) is 72.8 Å². The summed E-state index contributed by atoms with van der Waals surface area (Å²) in [5, 5.41) is 9.42. The molecule has 0 radical (unpaired) electrons. The molecule has 0 aromatic heterocycles. The Morgan fingerprint density at radius 1 is 0.703 bits per heavy atom. The number of benzene rings is 3. The lowest BCUT2D eigenvalue weighted by molar-refractivity contribution is 0.0744. The highest BCUT2D eigenvalue weighted by molar-refractivity contribution is 6.00. The van der Waals surface area contributed by atoms with Gasteiger partial charge in [-0.1, -0.05) is 36.4 Å². The number of para-hydroxylation sites is 2. The van der Waals surface area contributed by atoms with Gasteiger partial charge in [-0.15, -0.1) is 0 Å². The van der Waals surface area contributed by atoms with Crippen LogP contribution in [0.2, 0.25) is 0 Å². The number of carbonyl (C=O) groups excluding carboxylic acids is 2. The van der Waals surface area contributed by atoms with E-state index in [0.29, 0.717) is 56.0 Å². The first kappa shape index (κ1) is 24.4. The van der Waals surface area contributed by atoms with Gasteiger partial charge in [-0.05, 0) is 48.9 Å². The Morgan fingerprint density at radius 2 is 1.30 bits per heavy atom. The van der Waals surface area contributed by atoms with E-state index in [4.69, 9.17) is 0 Å². The highest BCUT2D eigenvalue weighted by atomic mass is 16.2. The maximum atomic E-state index is 13.5. The smallest absolute Gasteiger partial charge is 0.254 e. The van der Waals surface area contributed by atoms with Gasteiger partial charge in [0.15, 0.2) is 0 Å². The highest BCUT2D eigenvalue weighted by Crippen LogP contribution is 2.23. The average Bonchev–Trinajstić information content (AvgIpc) is 2.97. The maximum absolute atomic E-state index is 13.5. The predicted molar refractivity (Wildman–Crippen MR) is 145 cm³/mol. The van der Waals surface area contributed by atoms with Crippen LogP contribution >= 0.6 is 0 Å². The zero-order chi connectivity index (χ0) is 25.8. The minimum Gasteiger partial charge on any atom is -0.368 e. The topological polar surface area (TPSA) is 70.9 Å². The number of hydrogen-bond donors (Lipinski definition) is 0. The molecule has 2 fully saturated rings. The average molecular weight is 494 g/mol. The SMILES string of the molecule is Cc1ccc(C(=O)N2CCN(c3ccccc3)CC2)cc1C(=O)N1CCN(c2ccccc2C#N)CC1. The summed E-state index contributed by atoms with van der Waals surface area (Å²) in [5.74, 6) is -0.0750. The lowest BCUT2D eigenvalue weighted by atomic mass is 10.0. The van der Waals surface area contributed by atoms with Crippen molar-refractivity contribution >= 4 is 23.2 Å². The molecule has 5 rings (SSSR count). The number of rotatable bonds is 4. The number of nitriles is 1. The van der Waals surface area contributed by atoms with Gasteiger partial charge < -0.3 is 19.6 Å². The van der Waals surface area contributed by atoms with Crippen molar-refractivity contribution in [1.29, 1.82) is 5.26 Å². The largest absolute Gasteiger partial charge is 0.368 e. The van der Waals surface area contributed by atoms with Gasteiger partial charge in [-0.25, -0.2) is 0 Å². The first-order chi connectivity index (χ1) is 18.0. The number of anilines is 2. The van der Waals surface area contributed by atoms with E-state index in [0.717, 1.165) is 24.3 Å².